The molecule has 0 aromatic rings. The van der Waals surface area contributed by atoms with Gasteiger partial charge in [-0.15, -0.1) is 0 Å². The van der Waals surface area contributed by atoms with Crippen LogP contribution in [0.2, 0.25) is 0 Å². The zero-order chi connectivity index (χ0) is 7.98. The molecule has 2 N–H and O–H groups in total. The molecule has 0 spiro atoms. The lowest BCUT2D eigenvalue weighted by atomic mass is 10.5. The summed E-state index contributed by atoms with van der Waals surface area (Å²) in [7, 11) is 1.89. The van der Waals surface area contributed by atoms with Crippen molar-refractivity contribution in [2.24, 2.45) is 5.84 Å². The molecule has 0 saturated carbocycles. The highest BCUT2D eigenvalue weighted by molar-refractivity contribution is 14.1. The van der Waals surface area contributed by atoms with Gasteiger partial charge in [0.05, 0.1) is 4.55 Å². The Morgan fingerprint density at radius 3 is 2.30 bits per heavy atom. The maximum Gasteiger partial charge on any atom is 0.0506 e. The molecule has 10 heavy (non-hydrogen) atoms. The van der Waals surface area contributed by atoms with Crippen LogP contribution in [0, 0.1) is 0 Å². The molecule has 0 rings (SSSR count). The van der Waals surface area contributed by atoms with Crippen LogP contribution in [0.1, 0.15) is 6.92 Å². The highest BCUT2D eigenvalue weighted by Crippen LogP contribution is 1.92. The second-order valence-electron chi connectivity index (χ2n) is 2.31. The van der Waals surface area contributed by atoms with E-state index in [9.17, 15) is 0 Å². The molecule has 0 aromatic heterocycles. The molecule has 0 aliphatic carbocycles. The zero-order valence-electron chi connectivity index (χ0n) is 6.68. The van der Waals surface area contributed by atoms with E-state index in [1.165, 1.54) is 0 Å². The van der Waals surface area contributed by atoms with E-state index < -0.39 is 0 Å². The highest BCUT2D eigenvalue weighted by Gasteiger charge is 1.98. The summed E-state index contributed by atoms with van der Waals surface area (Å²) in [6.07, 6.45) is 0. The summed E-state index contributed by atoms with van der Waals surface area (Å²) >= 11 is 2.36. The van der Waals surface area contributed by atoms with Gasteiger partial charge in [-0.05, 0) is 6.54 Å². The van der Waals surface area contributed by atoms with E-state index in [2.05, 4.69) is 34.4 Å². The Bertz CT molecular complexity index is 73.4. The molecule has 0 saturated heterocycles. The average molecular weight is 257 g/mol. The molecular formula is C6H16IN3. The normalized spacial score (nSPS) is 11.4. The first-order valence-electron chi connectivity index (χ1n) is 3.44. The van der Waals surface area contributed by atoms with Crippen LogP contribution in [0.15, 0.2) is 0 Å². The summed E-state index contributed by atoms with van der Waals surface area (Å²) in [4.78, 5) is 2.34. The van der Waals surface area contributed by atoms with Crippen LogP contribution < -0.4 is 5.84 Å². The van der Waals surface area contributed by atoms with Crippen molar-refractivity contribution in [1.29, 1.82) is 0 Å². The van der Waals surface area contributed by atoms with E-state index in [-0.39, 0.29) is 0 Å². The van der Waals surface area contributed by atoms with Gasteiger partial charge in [-0.1, -0.05) is 29.5 Å². The molecule has 0 heterocycles. The Morgan fingerprint density at radius 2 is 2.00 bits per heavy atom. The summed E-state index contributed by atoms with van der Waals surface area (Å²) in [6, 6.07) is 0. The van der Waals surface area contributed by atoms with Gasteiger partial charge in [-0.25, -0.2) is 5.01 Å². The van der Waals surface area contributed by atoms with Crippen molar-refractivity contribution in [3.05, 3.63) is 0 Å². The molecule has 0 atom stereocenters. The lowest BCUT2D eigenvalue weighted by Crippen LogP contribution is -2.35. The third-order valence-electron chi connectivity index (χ3n) is 1.39. The number of nitrogens with zero attached hydrogens (tertiary/aromatic N) is 2. The number of hydrazine groups is 1. The van der Waals surface area contributed by atoms with Gasteiger partial charge in [-0.2, -0.15) is 0 Å². The maximum absolute atomic E-state index is 5.45. The van der Waals surface area contributed by atoms with Gasteiger partial charge in [0.25, 0.3) is 0 Å². The Balaban J connectivity index is 3.26. The van der Waals surface area contributed by atoms with Crippen LogP contribution >= 0.6 is 22.6 Å². The fraction of sp³-hybridized carbons (Fsp3) is 1.00. The molecule has 0 aliphatic heterocycles. The zero-order valence-corrected chi connectivity index (χ0v) is 8.84. The van der Waals surface area contributed by atoms with Gasteiger partial charge in [0.1, 0.15) is 0 Å². The lowest BCUT2D eigenvalue weighted by Gasteiger charge is -2.19. The van der Waals surface area contributed by atoms with Crippen LogP contribution in [0.4, 0.5) is 0 Å². The largest absolute Gasteiger partial charge is 0.293 e. The molecule has 3 nitrogen and oxygen atoms in total. The number of hydrogen-bond donors (Lipinski definition) is 1. The Morgan fingerprint density at radius 1 is 1.40 bits per heavy atom. The minimum absolute atomic E-state index is 0.941. The quantitative estimate of drug-likeness (QED) is 0.256. The average Bonchev–Trinajstić information content (AvgIpc) is 1.90. The third kappa shape index (κ3) is 5.40. The predicted octanol–water partition coefficient (Wildman–Crippen LogP) is 0.506. The number of halogens is 1. The summed E-state index contributed by atoms with van der Waals surface area (Å²) < 4.78 is 1.09. The van der Waals surface area contributed by atoms with E-state index >= 15 is 0 Å². The van der Waals surface area contributed by atoms with Crippen molar-refractivity contribution >= 4 is 22.6 Å². The number of alkyl halides is 1. The highest BCUT2D eigenvalue weighted by atomic mass is 127. The van der Waals surface area contributed by atoms with Gasteiger partial charge in [-0.3, -0.25) is 10.7 Å². The maximum atomic E-state index is 5.45. The van der Waals surface area contributed by atoms with Gasteiger partial charge in [0.2, 0.25) is 0 Å². The molecule has 4 heteroatoms. The molecule has 0 amide bonds. The van der Waals surface area contributed by atoms with Crippen molar-refractivity contribution in [2.75, 3.05) is 31.2 Å². The van der Waals surface area contributed by atoms with Crippen LogP contribution in [-0.2, 0) is 0 Å². The van der Waals surface area contributed by atoms with Gasteiger partial charge in [0, 0.05) is 20.1 Å². The first-order valence-corrected chi connectivity index (χ1v) is 4.97. The molecular weight excluding hydrogens is 241 g/mol. The van der Waals surface area contributed by atoms with Crippen molar-refractivity contribution in [3.8, 4) is 0 Å². The van der Waals surface area contributed by atoms with Gasteiger partial charge < -0.3 is 0 Å². The van der Waals surface area contributed by atoms with Crippen molar-refractivity contribution in [2.45, 2.75) is 6.92 Å². The van der Waals surface area contributed by atoms with Crippen LogP contribution in [0.3, 0.4) is 0 Å². The molecule has 0 bridgehead atoms. The van der Waals surface area contributed by atoms with Crippen LogP contribution in [0.25, 0.3) is 0 Å². The van der Waals surface area contributed by atoms with E-state index in [0.29, 0.717) is 0 Å². The van der Waals surface area contributed by atoms with E-state index in [1.807, 2.05) is 7.05 Å². The van der Waals surface area contributed by atoms with Crippen molar-refractivity contribution in [3.63, 3.8) is 0 Å². The van der Waals surface area contributed by atoms with Crippen molar-refractivity contribution < 1.29 is 0 Å². The monoisotopic (exact) mass is 257 g/mol. The lowest BCUT2D eigenvalue weighted by molar-refractivity contribution is 0.265. The topological polar surface area (TPSA) is 32.5 Å². The molecule has 0 aromatic carbocycles. The fourth-order valence-electron chi connectivity index (χ4n) is 0.602. The summed E-state index contributed by atoms with van der Waals surface area (Å²) in [5, 5.41) is 1.72. The first kappa shape index (κ1) is 10.6. The second-order valence-corrected chi connectivity index (χ2v) is 2.99. The predicted molar refractivity (Wildman–Crippen MR) is 53.0 cm³/mol. The molecule has 0 radical (unpaired) electrons. The number of likely N-dealkylation sites (N-methyl/N-ethyl adjacent to an activating group) is 2. The number of rotatable bonds is 5. The van der Waals surface area contributed by atoms with Crippen LogP contribution in [0.5, 0.6) is 0 Å². The standard InChI is InChI=1S/C6H16IN3/c1-3-10(6-7)5-4-9(2)8/h3-6,8H2,1-2H3. The minimum atomic E-state index is 0.941. The van der Waals surface area contributed by atoms with E-state index in [1.54, 1.807) is 5.01 Å². The molecule has 62 valence electrons. The molecule has 0 fully saturated rings. The van der Waals surface area contributed by atoms with E-state index in [4.69, 9.17) is 5.84 Å². The molecule has 0 aliphatic rings. The summed E-state index contributed by atoms with van der Waals surface area (Å²) in [5.74, 6) is 5.45. The first-order chi connectivity index (χ1) is 4.70. The Hall–Kier alpha value is 0.610. The summed E-state index contributed by atoms with van der Waals surface area (Å²) in [5.41, 5.74) is 0. The second kappa shape index (κ2) is 6.33. The third-order valence-corrected chi connectivity index (χ3v) is 2.35. The fourth-order valence-corrected chi connectivity index (χ4v) is 1.43. The van der Waals surface area contributed by atoms with Gasteiger partial charge in [0.15, 0.2) is 0 Å². The Kier molecular flexibility index (Phi) is 6.71. The molecule has 0 unspecified atom stereocenters. The van der Waals surface area contributed by atoms with E-state index in [0.717, 1.165) is 24.2 Å². The smallest absolute Gasteiger partial charge is 0.0506 e. The number of nitrogens with two attached hydrogens (primary N) is 1. The minimum Gasteiger partial charge on any atom is -0.293 e. The van der Waals surface area contributed by atoms with Crippen molar-refractivity contribution in [1.82, 2.24) is 9.91 Å². The summed E-state index contributed by atoms with van der Waals surface area (Å²) in [6.45, 7) is 5.27. The number of hydrogen-bond acceptors (Lipinski definition) is 3. The van der Waals surface area contributed by atoms with Gasteiger partial charge >= 0.3 is 0 Å². The Labute approximate surface area is 76.7 Å². The van der Waals surface area contributed by atoms with Crippen LogP contribution in [-0.4, -0.2) is 41.1 Å². The SMILES string of the molecule is CCN(CI)CCN(C)N.